The van der Waals surface area contributed by atoms with Crippen molar-refractivity contribution >= 4 is 0 Å². The lowest BCUT2D eigenvalue weighted by atomic mass is 9.98. The topological polar surface area (TPSA) is 64.9 Å². The summed E-state index contributed by atoms with van der Waals surface area (Å²) in [5, 5.41) is 3.50. The maximum Gasteiger partial charge on any atom is 0.389 e. The Morgan fingerprint density at radius 3 is 2.47 bits per heavy atom. The second-order valence-electron chi connectivity index (χ2n) is 4.30. The van der Waals surface area contributed by atoms with E-state index < -0.39 is 18.1 Å². The quantitative estimate of drug-likeness (QED) is 0.873. The van der Waals surface area contributed by atoms with Crippen molar-refractivity contribution in [3.63, 3.8) is 0 Å². The first kappa shape index (κ1) is 14.0. The zero-order chi connectivity index (χ0) is 13.1. The monoisotopic (exact) mass is 251 g/mol. The molecular formula is C10H16F3N3O. The minimum atomic E-state index is -4.21. The Hall–Kier alpha value is -1.11. The van der Waals surface area contributed by atoms with Gasteiger partial charge in [0.05, 0.1) is 12.0 Å². The summed E-state index contributed by atoms with van der Waals surface area (Å²) in [5.41, 5.74) is 5.15. The van der Waals surface area contributed by atoms with Gasteiger partial charge in [0.1, 0.15) is 0 Å². The summed E-state index contributed by atoms with van der Waals surface area (Å²) >= 11 is 0. The van der Waals surface area contributed by atoms with E-state index in [1.165, 1.54) is 0 Å². The third-order valence-electron chi connectivity index (χ3n) is 2.36. The van der Waals surface area contributed by atoms with E-state index in [1.54, 1.807) is 6.92 Å². The molecule has 0 aliphatic rings. The molecule has 0 fully saturated rings. The van der Waals surface area contributed by atoms with Crippen molar-refractivity contribution in [2.45, 2.75) is 51.2 Å². The fourth-order valence-corrected chi connectivity index (χ4v) is 1.47. The highest BCUT2D eigenvalue weighted by molar-refractivity contribution is 4.99. The summed E-state index contributed by atoms with van der Waals surface area (Å²) in [6, 6.07) is 0. The van der Waals surface area contributed by atoms with Crippen LogP contribution >= 0.6 is 0 Å². The Labute approximate surface area is 97.4 Å². The number of aryl methyl sites for hydroxylation is 1. The minimum Gasteiger partial charge on any atom is -0.337 e. The van der Waals surface area contributed by atoms with Gasteiger partial charge in [-0.25, -0.2) is 0 Å². The molecule has 0 saturated heterocycles. The van der Waals surface area contributed by atoms with Gasteiger partial charge in [0, 0.05) is 6.42 Å². The number of alkyl halides is 3. The summed E-state index contributed by atoms with van der Waals surface area (Å²) < 4.78 is 40.9. The highest BCUT2D eigenvalue weighted by atomic mass is 19.4. The lowest BCUT2D eigenvalue weighted by Crippen LogP contribution is -2.33. The van der Waals surface area contributed by atoms with Crippen LogP contribution in [0.2, 0.25) is 0 Å². The molecule has 1 aromatic heterocycles. The molecule has 0 saturated carbocycles. The van der Waals surface area contributed by atoms with Gasteiger partial charge in [-0.2, -0.15) is 18.2 Å². The molecule has 1 unspecified atom stereocenters. The maximum absolute atomic E-state index is 12.0. The molecule has 0 aliphatic heterocycles. The first-order chi connectivity index (χ1) is 7.74. The Kier molecular flexibility index (Phi) is 4.13. The second-order valence-corrected chi connectivity index (χ2v) is 4.30. The van der Waals surface area contributed by atoms with Gasteiger partial charge in [-0.15, -0.1) is 0 Å². The minimum absolute atomic E-state index is 0.0464. The van der Waals surface area contributed by atoms with Crippen LogP contribution in [-0.2, 0) is 12.0 Å². The van der Waals surface area contributed by atoms with Gasteiger partial charge in [0.25, 0.3) is 0 Å². The van der Waals surface area contributed by atoms with Crippen LogP contribution < -0.4 is 5.73 Å². The molecular weight excluding hydrogens is 235 g/mol. The fourth-order valence-electron chi connectivity index (χ4n) is 1.47. The van der Waals surface area contributed by atoms with E-state index in [4.69, 9.17) is 10.3 Å². The first-order valence-corrected chi connectivity index (χ1v) is 5.43. The van der Waals surface area contributed by atoms with Crippen LogP contribution in [0.5, 0.6) is 0 Å². The number of hydrogen-bond donors (Lipinski definition) is 1. The van der Waals surface area contributed by atoms with Crippen LogP contribution in [0.1, 0.15) is 44.8 Å². The maximum atomic E-state index is 12.0. The predicted molar refractivity (Wildman–Crippen MR) is 55.1 cm³/mol. The average Bonchev–Trinajstić information content (AvgIpc) is 2.62. The van der Waals surface area contributed by atoms with Crippen molar-refractivity contribution in [2.75, 3.05) is 0 Å². The number of hydrogen-bond acceptors (Lipinski definition) is 4. The SMILES string of the molecule is CCCC(C)(N)c1nc(CCC(F)(F)F)no1. The molecule has 1 rings (SSSR count). The number of aromatic nitrogens is 2. The molecule has 1 atom stereocenters. The molecule has 0 radical (unpaired) electrons. The summed E-state index contributed by atoms with van der Waals surface area (Å²) in [6.45, 7) is 3.67. The second kappa shape index (κ2) is 5.03. The van der Waals surface area contributed by atoms with Crippen molar-refractivity contribution < 1.29 is 17.7 Å². The highest BCUT2D eigenvalue weighted by Crippen LogP contribution is 2.24. The number of nitrogens with zero attached hydrogens (tertiary/aromatic N) is 2. The van der Waals surface area contributed by atoms with Crippen LogP contribution in [0.25, 0.3) is 0 Å². The molecule has 2 N–H and O–H groups in total. The Morgan fingerprint density at radius 1 is 1.29 bits per heavy atom. The highest BCUT2D eigenvalue weighted by Gasteiger charge is 2.30. The van der Waals surface area contributed by atoms with Crippen molar-refractivity contribution in [1.29, 1.82) is 0 Å². The molecule has 7 heteroatoms. The molecule has 98 valence electrons. The molecule has 4 nitrogen and oxygen atoms in total. The van der Waals surface area contributed by atoms with E-state index in [1.807, 2.05) is 6.92 Å². The number of halogens is 3. The van der Waals surface area contributed by atoms with Gasteiger partial charge in [0.15, 0.2) is 5.82 Å². The van der Waals surface area contributed by atoms with Gasteiger partial charge < -0.3 is 10.3 Å². The molecule has 1 aromatic rings. The van der Waals surface area contributed by atoms with E-state index in [9.17, 15) is 13.2 Å². The summed E-state index contributed by atoms with van der Waals surface area (Å²) in [5.74, 6) is 0.238. The third-order valence-corrected chi connectivity index (χ3v) is 2.36. The zero-order valence-corrected chi connectivity index (χ0v) is 9.84. The van der Waals surface area contributed by atoms with E-state index in [0.29, 0.717) is 6.42 Å². The summed E-state index contributed by atoms with van der Waals surface area (Å²) in [4.78, 5) is 3.90. The lowest BCUT2D eigenvalue weighted by molar-refractivity contribution is -0.134. The van der Waals surface area contributed by atoms with Gasteiger partial charge in [0.2, 0.25) is 5.89 Å². The standard InChI is InChI=1S/C10H16F3N3O/c1-3-5-9(2,14)8-15-7(16-17-8)4-6-10(11,12)13/h3-6,14H2,1-2H3. The van der Waals surface area contributed by atoms with E-state index >= 15 is 0 Å². The van der Waals surface area contributed by atoms with Crippen LogP contribution in [-0.4, -0.2) is 16.3 Å². The molecule has 1 heterocycles. The Morgan fingerprint density at radius 2 is 1.94 bits per heavy atom. The van der Waals surface area contributed by atoms with E-state index in [2.05, 4.69) is 10.1 Å². The largest absolute Gasteiger partial charge is 0.389 e. The lowest BCUT2D eigenvalue weighted by Gasteiger charge is -2.18. The Balaban J connectivity index is 2.65. The molecule has 17 heavy (non-hydrogen) atoms. The van der Waals surface area contributed by atoms with Crippen molar-refractivity contribution in [3.8, 4) is 0 Å². The summed E-state index contributed by atoms with van der Waals surface area (Å²) in [7, 11) is 0. The first-order valence-electron chi connectivity index (χ1n) is 5.43. The van der Waals surface area contributed by atoms with Crippen LogP contribution in [0.15, 0.2) is 4.52 Å². The molecule has 0 amide bonds. The molecule has 0 bridgehead atoms. The average molecular weight is 251 g/mol. The molecule has 0 aliphatic carbocycles. The van der Waals surface area contributed by atoms with E-state index in [0.717, 1.165) is 6.42 Å². The van der Waals surface area contributed by atoms with Crippen LogP contribution in [0.4, 0.5) is 13.2 Å². The van der Waals surface area contributed by atoms with E-state index in [-0.39, 0.29) is 18.1 Å². The smallest absolute Gasteiger partial charge is 0.337 e. The third kappa shape index (κ3) is 4.33. The van der Waals surface area contributed by atoms with Crippen molar-refractivity contribution in [2.24, 2.45) is 5.73 Å². The number of nitrogens with two attached hydrogens (primary N) is 1. The normalized spacial score (nSPS) is 15.9. The van der Waals surface area contributed by atoms with Crippen molar-refractivity contribution in [1.82, 2.24) is 10.1 Å². The van der Waals surface area contributed by atoms with Crippen molar-refractivity contribution in [3.05, 3.63) is 11.7 Å². The van der Waals surface area contributed by atoms with Gasteiger partial charge in [-0.05, 0) is 13.3 Å². The van der Waals surface area contributed by atoms with Gasteiger partial charge >= 0.3 is 6.18 Å². The fraction of sp³-hybridized carbons (Fsp3) is 0.800. The predicted octanol–water partition coefficient (Wildman–Crippen LogP) is 2.54. The molecule has 0 spiro atoms. The number of rotatable bonds is 5. The Bertz CT molecular complexity index is 360. The van der Waals surface area contributed by atoms with Crippen LogP contribution in [0.3, 0.4) is 0 Å². The van der Waals surface area contributed by atoms with Gasteiger partial charge in [-0.3, -0.25) is 0 Å². The summed E-state index contributed by atoms with van der Waals surface area (Å²) in [6.07, 6.45) is -3.99. The zero-order valence-electron chi connectivity index (χ0n) is 9.84. The van der Waals surface area contributed by atoms with Gasteiger partial charge in [-0.1, -0.05) is 18.5 Å². The van der Waals surface area contributed by atoms with Crippen LogP contribution in [0, 0.1) is 0 Å². The molecule has 0 aromatic carbocycles.